The van der Waals surface area contributed by atoms with E-state index in [-0.39, 0.29) is 11.9 Å². The zero-order chi connectivity index (χ0) is 12.0. The van der Waals surface area contributed by atoms with E-state index in [1.54, 1.807) is 12.1 Å². The molecule has 0 fully saturated rings. The molecule has 1 aromatic rings. The van der Waals surface area contributed by atoms with E-state index in [9.17, 15) is 4.79 Å². The maximum Gasteiger partial charge on any atom is 0.223 e. The van der Waals surface area contributed by atoms with Gasteiger partial charge in [0, 0.05) is 17.5 Å². The number of hydrogen-bond acceptors (Lipinski definition) is 3. The molecule has 0 bridgehead atoms. The van der Waals surface area contributed by atoms with Crippen LogP contribution in [0.5, 0.6) is 0 Å². The van der Waals surface area contributed by atoms with Crippen LogP contribution in [0.25, 0.3) is 0 Å². The van der Waals surface area contributed by atoms with Gasteiger partial charge in [0.2, 0.25) is 11.9 Å². The van der Waals surface area contributed by atoms with Crippen LogP contribution in [0.4, 0.5) is 0 Å². The molecule has 1 amide bonds. The molecule has 1 rings (SSSR count). The number of nitrogens with zero attached hydrogens (tertiary/aromatic N) is 2. The van der Waals surface area contributed by atoms with Gasteiger partial charge in [-0.25, -0.2) is 0 Å². The van der Waals surface area contributed by atoms with Crippen LogP contribution in [0.15, 0.2) is 34.5 Å². The molecule has 6 heteroatoms. The topological polar surface area (TPSA) is 79.8 Å². The highest BCUT2D eigenvalue weighted by Crippen LogP contribution is 2.12. The van der Waals surface area contributed by atoms with E-state index in [4.69, 9.17) is 17.3 Å². The van der Waals surface area contributed by atoms with Crippen molar-refractivity contribution in [1.29, 1.82) is 0 Å². The highest BCUT2D eigenvalue weighted by Gasteiger charge is 1.95. The lowest BCUT2D eigenvalue weighted by atomic mass is 10.2. The van der Waals surface area contributed by atoms with Gasteiger partial charge in [0.25, 0.3) is 0 Å². The van der Waals surface area contributed by atoms with Crippen molar-refractivity contribution in [3.63, 3.8) is 0 Å². The molecular weight excluding hydrogens is 228 g/mol. The lowest BCUT2D eigenvalue weighted by Crippen LogP contribution is -2.34. The second-order valence-corrected chi connectivity index (χ2v) is 3.34. The number of carbonyl (C=O) groups excluding carboxylic acids is 1. The minimum absolute atomic E-state index is 0.0594. The lowest BCUT2D eigenvalue weighted by Gasteiger charge is -1.97. The van der Waals surface area contributed by atoms with Gasteiger partial charge in [-0.15, -0.1) is 5.10 Å². The van der Waals surface area contributed by atoms with Crippen LogP contribution in [-0.2, 0) is 4.79 Å². The maximum atomic E-state index is 10.6. The lowest BCUT2D eigenvalue weighted by molar-refractivity contribution is -0.117. The van der Waals surface area contributed by atoms with Gasteiger partial charge < -0.3 is 5.73 Å². The van der Waals surface area contributed by atoms with Crippen molar-refractivity contribution in [2.45, 2.75) is 6.92 Å². The average Bonchev–Trinajstić information content (AvgIpc) is 2.19. The van der Waals surface area contributed by atoms with Gasteiger partial charge in [-0.1, -0.05) is 29.8 Å². The molecule has 1 aromatic carbocycles. The second kappa shape index (κ2) is 5.87. The quantitative estimate of drug-likeness (QED) is 0.460. The number of amides is 1. The van der Waals surface area contributed by atoms with E-state index < -0.39 is 0 Å². The van der Waals surface area contributed by atoms with E-state index in [0.29, 0.717) is 5.02 Å². The first-order chi connectivity index (χ1) is 7.59. The molecule has 3 N–H and O–H groups in total. The number of halogens is 1. The zero-order valence-corrected chi connectivity index (χ0v) is 9.40. The molecule has 84 valence electrons. The number of hydrogen-bond donors (Lipinski definition) is 2. The molecule has 0 unspecified atom stereocenters. The number of rotatable bonds is 2. The smallest absolute Gasteiger partial charge is 0.223 e. The third-order valence-electron chi connectivity index (χ3n) is 1.57. The van der Waals surface area contributed by atoms with E-state index in [1.165, 1.54) is 13.1 Å². The van der Waals surface area contributed by atoms with Crippen LogP contribution < -0.4 is 11.1 Å². The third-order valence-corrected chi connectivity index (χ3v) is 1.92. The summed E-state index contributed by atoms with van der Waals surface area (Å²) in [6.45, 7) is 1.33. The molecule has 0 saturated carbocycles. The highest BCUT2D eigenvalue weighted by molar-refractivity contribution is 6.33. The van der Waals surface area contributed by atoms with Gasteiger partial charge in [-0.05, 0) is 6.07 Å². The number of nitrogens with two attached hydrogens (primary N) is 1. The van der Waals surface area contributed by atoms with Crippen LogP contribution in [0.3, 0.4) is 0 Å². The molecule has 0 aromatic heterocycles. The Morgan fingerprint density at radius 2 is 2.19 bits per heavy atom. The zero-order valence-electron chi connectivity index (χ0n) is 8.64. The molecule has 0 aliphatic carbocycles. The van der Waals surface area contributed by atoms with Crippen molar-refractivity contribution in [3.05, 3.63) is 34.9 Å². The van der Waals surface area contributed by atoms with E-state index in [1.807, 2.05) is 12.1 Å². The first kappa shape index (κ1) is 12.2. The molecule has 0 aliphatic heterocycles. The fraction of sp³-hybridized carbons (Fsp3) is 0.100. The summed E-state index contributed by atoms with van der Waals surface area (Å²) in [4.78, 5) is 10.6. The predicted octanol–water partition coefficient (Wildman–Crippen LogP) is 1.12. The summed E-state index contributed by atoms with van der Waals surface area (Å²) < 4.78 is 0. The van der Waals surface area contributed by atoms with Crippen LogP contribution in [0, 0.1) is 0 Å². The molecular formula is C10H11ClN4O. The molecule has 0 heterocycles. The van der Waals surface area contributed by atoms with Gasteiger partial charge in [0.1, 0.15) is 0 Å². The largest absolute Gasteiger partial charge is 0.368 e. The Balaban J connectivity index is 2.68. The number of carbonyl (C=O) groups is 1. The minimum atomic E-state index is -0.297. The summed E-state index contributed by atoms with van der Waals surface area (Å²) in [5.74, 6) is -0.356. The van der Waals surface area contributed by atoms with Crippen LogP contribution in [0.1, 0.15) is 12.5 Å². The highest BCUT2D eigenvalue weighted by atomic mass is 35.5. The number of nitrogens with one attached hydrogen (secondary N) is 1. The van der Waals surface area contributed by atoms with Crippen molar-refractivity contribution < 1.29 is 4.79 Å². The Kier molecular flexibility index (Phi) is 4.47. The van der Waals surface area contributed by atoms with E-state index >= 15 is 0 Å². The third kappa shape index (κ3) is 4.10. The Morgan fingerprint density at radius 1 is 1.50 bits per heavy atom. The summed E-state index contributed by atoms with van der Waals surface area (Å²) in [7, 11) is 0. The molecule has 0 atom stereocenters. The average molecular weight is 239 g/mol. The second-order valence-electron chi connectivity index (χ2n) is 2.93. The van der Waals surface area contributed by atoms with Gasteiger partial charge in [0.05, 0.1) is 6.21 Å². The standard InChI is InChI=1S/C10H11ClN4O/c1-7(16)14-10(12)15-13-6-8-4-2-3-5-9(8)11/h2-6H,1H3,(H3,12,14,15,16)/b13-6+. The molecule has 0 spiro atoms. The summed E-state index contributed by atoms with van der Waals surface area (Å²) in [6, 6.07) is 7.17. The van der Waals surface area contributed by atoms with E-state index in [2.05, 4.69) is 15.5 Å². The Morgan fingerprint density at radius 3 is 2.81 bits per heavy atom. The van der Waals surface area contributed by atoms with Crippen LogP contribution >= 0.6 is 11.6 Å². The minimum Gasteiger partial charge on any atom is -0.368 e. The molecule has 0 saturated heterocycles. The predicted molar refractivity (Wildman–Crippen MR) is 64.5 cm³/mol. The monoisotopic (exact) mass is 238 g/mol. The normalized spacial score (nSPS) is 11.8. The van der Waals surface area contributed by atoms with Gasteiger partial charge in [0.15, 0.2) is 0 Å². The van der Waals surface area contributed by atoms with Crippen molar-refractivity contribution in [1.82, 2.24) is 5.32 Å². The fourth-order valence-electron chi connectivity index (χ4n) is 0.938. The van der Waals surface area contributed by atoms with Crippen LogP contribution in [0.2, 0.25) is 5.02 Å². The Bertz CT molecular complexity index is 442. The van der Waals surface area contributed by atoms with Crippen molar-refractivity contribution >= 4 is 29.7 Å². The first-order valence-corrected chi connectivity index (χ1v) is 4.86. The molecule has 0 aliphatic rings. The van der Waals surface area contributed by atoms with Crippen molar-refractivity contribution in [2.75, 3.05) is 0 Å². The van der Waals surface area contributed by atoms with Crippen molar-refractivity contribution in [3.8, 4) is 0 Å². The summed E-state index contributed by atoms with van der Waals surface area (Å²) in [5.41, 5.74) is 6.07. The Labute approximate surface area is 98.0 Å². The number of benzene rings is 1. The molecule has 5 nitrogen and oxygen atoms in total. The van der Waals surface area contributed by atoms with Gasteiger partial charge in [-0.3, -0.25) is 10.1 Å². The van der Waals surface area contributed by atoms with Gasteiger partial charge >= 0.3 is 0 Å². The molecule has 0 radical (unpaired) electrons. The first-order valence-electron chi connectivity index (χ1n) is 4.48. The summed E-state index contributed by atoms with van der Waals surface area (Å²) in [5, 5.41) is 10.1. The fourth-order valence-corrected chi connectivity index (χ4v) is 1.12. The van der Waals surface area contributed by atoms with Gasteiger partial charge in [-0.2, -0.15) is 5.10 Å². The number of guanidine groups is 1. The maximum absolute atomic E-state index is 10.6. The Hall–Kier alpha value is -1.88. The molecule has 16 heavy (non-hydrogen) atoms. The summed E-state index contributed by atoms with van der Waals surface area (Å²) in [6.07, 6.45) is 1.46. The van der Waals surface area contributed by atoms with Crippen LogP contribution in [-0.4, -0.2) is 18.1 Å². The SMILES string of the molecule is CC(=O)N/C(N)=N\N=C\c1ccccc1Cl. The van der Waals surface area contributed by atoms with E-state index in [0.717, 1.165) is 5.56 Å². The van der Waals surface area contributed by atoms with Crippen molar-refractivity contribution in [2.24, 2.45) is 15.9 Å². The summed E-state index contributed by atoms with van der Waals surface area (Å²) >= 11 is 5.88.